The third-order valence-corrected chi connectivity index (χ3v) is 9.91. The topological polar surface area (TPSA) is 72.7 Å². The monoisotopic (exact) mass is 651 g/mol. The highest BCUT2D eigenvalue weighted by Crippen LogP contribution is 2.28. The van der Waals surface area contributed by atoms with E-state index in [1.165, 1.54) is 56.1 Å². The summed E-state index contributed by atoms with van der Waals surface area (Å²) in [5.41, 5.74) is 4.38. The number of hydrogen-bond acceptors (Lipinski definition) is 4. The number of aliphatic hydroxyl groups excluding tert-OH is 1. The molecule has 3 atom stereocenters. The Morgan fingerprint density at radius 3 is 1.73 bits per heavy atom. The highest BCUT2D eigenvalue weighted by Gasteiger charge is 2.38. The van der Waals surface area contributed by atoms with E-state index in [2.05, 4.69) is 72.9 Å². The van der Waals surface area contributed by atoms with Gasteiger partial charge in [-0.2, -0.15) is 0 Å². The first-order chi connectivity index (χ1) is 23.5. The second-order valence-corrected chi connectivity index (χ2v) is 13.6. The molecule has 0 saturated carbocycles. The summed E-state index contributed by atoms with van der Waals surface area (Å²) in [6.45, 7) is 4.50. The molecule has 4 rings (SSSR count). The van der Waals surface area contributed by atoms with Gasteiger partial charge in [0, 0.05) is 24.4 Å². The number of hydrogen-bond donors (Lipinski definition) is 4. The van der Waals surface area contributed by atoms with Gasteiger partial charge >= 0.3 is 0 Å². The fourth-order valence-electron chi connectivity index (χ4n) is 7.20. The van der Waals surface area contributed by atoms with E-state index in [-0.39, 0.29) is 18.8 Å². The lowest BCUT2D eigenvalue weighted by atomic mass is 9.96. The van der Waals surface area contributed by atoms with Crippen LogP contribution in [-0.4, -0.2) is 51.7 Å². The van der Waals surface area contributed by atoms with Crippen LogP contribution < -0.4 is 5.32 Å². The number of unbranched alkanes of at least 4 members (excludes halogenated alkanes) is 7. The molecule has 48 heavy (non-hydrogen) atoms. The molecule has 4 aromatic rings. The Kier molecular flexibility index (Phi) is 16.0. The zero-order valence-corrected chi connectivity index (χ0v) is 29.1. The van der Waals surface area contributed by atoms with Gasteiger partial charge in [-0.3, -0.25) is 5.32 Å². The van der Waals surface area contributed by atoms with Crippen molar-refractivity contribution in [2.75, 3.05) is 19.7 Å². The van der Waals surface area contributed by atoms with Crippen molar-refractivity contribution in [1.29, 1.82) is 0 Å². The Labute approximate surface area is 289 Å². The summed E-state index contributed by atoms with van der Waals surface area (Å²) in [4.78, 5) is 0. The number of quaternary nitrogens is 1. The first kappa shape index (κ1) is 37.2. The average molecular weight is 652 g/mol. The minimum absolute atomic E-state index is 0.0582. The van der Waals surface area contributed by atoms with Crippen molar-refractivity contribution in [2.24, 2.45) is 0 Å². The maximum absolute atomic E-state index is 10.8. The van der Waals surface area contributed by atoms with Gasteiger partial charge in [-0.05, 0) is 48.1 Å². The lowest BCUT2D eigenvalue weighted by Gasteiger charge is -2.47. The third kappa shape index (κ3) is 12.1. The third-order valence-electron chi connectivity index (χ3n) is 9.91. The Balaban J connectivity index is 1.68. The van der Waals surface area contributed by atoms with Gasteiger partial charge in [-0.25, -0.2) is 0 Å². The number of nitrogens with one attached hydrogen (secondary N) is 1. The summed E-state index contributed by atoms with van der Waals surface area (Å²) >= 11 is 0. The summed E-state index contributed by atoms with van der Waals surface area (Å²) in [7, 11) is 0. The maximum atomic E-state index is 10.8. The predicted octanol–water partition coefficient (Wildman–Crippen LogP) is 8.95. The number of phenolic OH excluding ortho intramolecular Hbond substituents is 2. The van der Waals surface area contributed by atoms with Gasteiger partial charge in [-0.1, -0.05) is 149 Å². The van der Waals surface area contributed by atoms with Gasteiger partial charge in [0.1, 0.15) is 30.8 Å². The largest absolute Gasteiger partial charge is 0.508 e. The molecule has 0 aliphatic carbocycles. The lowest BCUT2D eigenvalue weighted by Crippen LogP contribution is -2.64. The summed E-state index contributed by atoms with van der Waals surface area (Å²) < 4.78 is 0.664. The zero-order chi connectivity index (χ0) is 33.9. The molecule has 3 unspecified atom stereocenters. The van der Waals surface area contributed by atoms with E-state index in [9.17, 15) is 15.3 Å². The van der Waals surface area contributed by atoms with E-state index < -0.39 is 0 Å². The second kappa shape index (κ2) is 20.7. The van der Waals surface area contributed by atoms with Crippen LogP contribution in [0.5, 0.6) is 11.5 Å². The van der Waals surface area contributed by atoms with Crippen molar-refractivity contribution in [3.05, 3.63) is 131 Å². The van der Waals surface area contributed by atoms with E-state index in [4.69, 9.17) is 0 Å². The molecule has 0 fully saturated rings. The van der Waals surface area contributed by atoms with Crippen LogP contribution in [0.2, 0.25) is 0 Å². The molecule has 0 radical (unpaired) electrons. The number of phenols is 2. The van der Waals surface area contributed by atoms with Crippen LogP contribution in [0, 0.1) is 0 Å². The number of aliphatic hydroxyl groups is 1. The van der Waals surface area contributed by atoms with Crippen molar-refractivity contribution in [3.8, 4) is 11.5 Å². The molecule has 0 heterocycles. The fourth-order valence-corrected chi connectivity index (χ4v) is 7.20. The molecule has 5 heteroatoms. The quantitative estimate of drug-likeness (QED) is 0.0367. The Hall–Kier alpha value is -3.64. The van der Waals surface area contributed by atoms with E-state index in [0.29, 0.717) is 35.4 Å². The second-order valence-electron chi connectivity index (χ2n) is 13.6. The van der Waals surface area contributed by atoms with Gasteiger partial charge in [0.15, 0.2) is 0 Å². The predicted molar refractivity (Wildman–Crippen MR) is 199 cm³/mol. The average Bonchev–Trinajstić information content (AvgIpc) is 3.10. The molecule has 4 aromatic carbocycles. The van der Waals surface area contributed by atoms with Crippen molar-refractivity contribution in [1.82, 2.24) is 5.32 Å². The molecule has 0 bridgehead atoms. The number of rotatable bonds is 23. The number of aromatic hydroxyl groups is 2. The van der Waals surface area contributed by atoms with Crippen LogP contribution in [0.1, 0.15) is 87.0 Å². The van der Waals surface area contributed by atoms with Crippen LogP contribution in [0.3, 0.4) is 0 Å². The van der Waals surface area contributed by atoms with Crippen LogP contribution in [0.15, 0.2) is 109 Å². The van der Waals surface area contributed by atoms with Gasteiger partial charge in [-0.15, -0.1) is 0 Å². The molecule has 0 saturated heterocycles. The molecule has 5 nitrogen and oxygen atoms in total. The molecule has 0 aliphatic rings. The lowest BCUT2D eigenvalue weighted by molar-refractivity contribution is -0.967. The Morgan fingerprint density at radius 2 is 1.12 bits per heavy atom. The van der Waals surface area contributed by atoms with Crippen molar-refractivity contribution in [2.45, 2.75) is 103 Å². The molecule has 0 spiro atoms. The summed E-state index contributed by atoms with van der Waals surface area (Å²) in [6.07, 6.45) is 13.3. The van der Waals surface area contributed by atoms with Crippen LogP contribution >= 0.6 is 0 Å². The first-order valence-electron chi connectivity index (χ1n) is 18.4. The van der Waals surface area contributed by atoms with Crippen LogP contribution in [0.25, 0.3) is 0 Å². The number of nitrogens with zero attached hydrogens (tertiary/aromatic N) is 1. The summed E-state index contributed by atoms with van der Waals surface area (Å²) in [5, 5.41) is 36.5. The Morgan fingerprint density at radius 1 is 0.583 bits per heavy atom. The van der Waals surface area contributed by atoms with Gasteiger partial charge < -0.3 is 19.8 Å². The van der Waals surface area contributed by atoms with Crippen molar-refractivity contribution < 1.29 is 19.8 Å². The fraction of sp³-hybridized carbons (Fsp3) is 0.442. The highest BCUT2D eigenvalue weighted by molar-refractivity contribution is 5.33. The van der Waals surface area contributed by atoms with Crippen molar-refractivity contribution >= 4 is 0 Å². The van der Waals surface area contributed by atoms with E-state index in [1.54, 1.807) is 12.1 Å². The van der Waals surface area contributed by atoms with Gasteiger partial charge in [0.2, 0.25) is 0 Å². The zero-order valence-electron chi connectivity index (χ0n) is 29.1. The molecule has 0 aromatic heterocycles. The molecule has 258 valence electrons. The van der Waals surface area contributed by atoms with E-state index >= 15 is 0 Å². The molecule has 0 aliphatic heterocycles. The molecular formula is C43H59N2O3+. The molecule has 0 amide bonds. The van der Waals surface area contributed by atoms with Gasteiger partial charge in [0.25, 0.3) is 0 Å². The van der Waals surface area contributed by atoms with Crippen LogP contribution in [-0.2, 0) is 25.8 Å². The minimum atomic E-state index is 0.0582. The van der Waals surface area contributed by atoms with Crippen LogP contribution in [0.4, 0.5) is 0 Å². The highest BCUT2D eigenvalue weighted by atomic mass is 16.3. The van der Waals surface area contributed by atoms with E-state index in [1.807, 2.05) is 36.4 Å². The SMILES string of the molecule is CCCCCCCCCCC(NC(Cc1ccccc1)Cc1ccccc1O)[N+](CCO)(CCc1ccccc1O)Cc1ccccc1. The molecular weight excluding hydrogens is 592 g/mol. The summed E-state index contributed by atoms with van der Waals surface area (Å²) in [5.74, 6) is 0.658. The standard InChI is InChI=1S/C43H58N2O3/c1-2-3-4-5-6-7-8-15-28-43(44-40(33-36-20-11-9-12-21-36)34-39-25-17-19-27-42(39)48)45(31-32-46,35-37-22-13-10-14-23-37)30-29-38-24-16-18-26-41(38)47/h9-14,16-27,40,43-44,46H,2-8,15,28-35H2,1H3,(H-,47,48)/p+1. The summed E-state index contributed by atoms with van der Waals surface area (Å²) in [6, 6.07) is 36.7. The first-order valence-corrected chi connectivity index (χ1v) is 18.4. The maximum Gasteiger partial charge on any atom is 0.143 e. The molecule has 4 N–H and O–H groups in total. The normalized spacial score (nSPS) is 14.0. The Bertz CT molecular complexity index is 1430. The van der Waals surface area contributed by atoms with E-state index in [0.717, 1.165) is 43.5 Å². The van der Waals surface area contributed by atoms with Gasteiger partial charge in [0.05, 0.1) is 13.2 Å². The number of benzene rings is 4. The minimum Gasteiger partial charge on any atom is -0.508 e. The van der Waals surface area contributed by atoms with Crippen molar-refractivity contribution in [3.63, 3.8) is 0 Å². The smallest absolute Gasteiger partial charge is 0.143 e. The number of para-hydroxylation sites is 2.